The average Bonchev–Trinajstić information content (AvgIpc) is 3.18. The molecule has 1 atom stereocenters. The van der Waals surface area contributed by atoms with E-state index >= 15 is 0 Å². The highest BCUT2D eigenvalue weighted by Crippen LogP contribution is 2.41. The summed E-state index contributed by atoms with van der Waals surface area (Å²) in [5.41, 5.74) is 4.50. The molecule has 2 aliphatic heterocycles. The molecule has 0 aliphatic carbocycles. The highest BCUT2D eigenvalue weighted by Gasteiger charge is 2.44. The SMILES string of the molecule is C=CC(=O)Nc1ccc2c3c(n(Cc4ccc(C(=O)CO)cc4)c2c1)CN1CC3C(=O)N(C)C1=O. The standard InChI is InChI=1S/C26H24N4O5/c1-3-23(33)27-17-8-9-18-20(10-17)30(11-15-4-6-16(7-5-15)22(32)14-31)21-13-29-12-19(24(18)21)25(34)28(2)26(29)35/h3-10,19,31H,1,11-14H2,2H3,(H,27,33). The second kappa shape index (κ2) is 8.52. The van der Waals surface area contributed by atoms with Crippen molar-refractivity contribution in [1.29, 1.82) is 0 Å². The summed E-state index contributed by atoms with van der Waals surface area (Å²) in [5.74, 6) is -1.39. The Balaban J connectivity index is 1.65. The number of benzene rings is 2. The maximum Gasteiger partial charge on any atom is 0.326 e. The fraction of sp³-hybridized carbons (Fsp3) is 0.231. The van der Waals surface area contributed by atoms with E-state index in [0.29, 0.717) is 30.9 Å². The van der Waals surface area contributed by atoms with Crippen LogP contribution >= 0.6 is 0 Å². The van der Waals surface area contributed by atoms with Crippen LogP contribution < -0.4 is 5.32 Å². The number of anilines is 1. The Bertz CT molecular complexity index is 1410. The van der Waals surface area contributed by atoms with Crippen molar-refractivity contribution in [3.8, 4) is 0 Å². The molecule has 2 N–H and O–H groups in total. The summed E-state index contributed by atoms with van der Waals surface area (Å²) >= 11 is 0. The molecule has 0 spiro atoms. The predicted molar refractivity (Wildman–Crippen MR) is 129 cm³/mol. The summed E-state index contributed by atoms with van der Waals surface area (Å²) in [6.45, 7) is 4.06. The number of hydrogen-bond donors (Lipinski definition) is 2. The number of urea groups is 1. The summed E-state index contributed by atoms with van der Waals surface area (Å²) in [7, 11) is 1.51. The molecule has 2 aliphatic rings. The lowest BCUT2D eigenvalue weighted by Crippen LogP contribution is -2.56. The van der Waals surface area contributed by atoms with Crippen molar-refractivity contribution >= 4 is 40.2 Å². The number of aliphatic hydroxyl groups is 1. The van der Waals surface area contributed by atoms with Gasteiger partial charge in [0, 0.05) is 42.5 Å². The van der Waals surface area contributed by atoms with Crippen molar-refractivity contribution in [2.75, 3.05) is 25.5 Å². The molecular weight excluding hydrogens is 448 g/mol. The number of ketones is 1. The van der Waals surface area contributed by atoms with Gasteiger partial charge in [-0.05, 0) is 29.3 Å². The number of nitrogens with one attached hydrogen (secondary N) is 1. The van der Waals surface area contributed by atoms with E-state index in [-0.39, 0.29) is 23.6 Å². The molecule has 35 heavy (non-hydrogen) atoms. The number of amides is 4. The van der Waals surface area contributed by atoms with Crippen molar-refractivity contribution in [3.05, 3.63) is 77.5 Å². The zero-order valence-corrected chi connectivity index (χ0v) is 19.2. The Kier molecular flexibility index (Phi) is 5.49. The van der Waals surface area contributed by atoms with Crippen molar-refractivity contribution in [1.82, 2.24) is 14.4 Å². The maximum absolute atomic E-state index is 13.1. The van der Waals surface area contributed by atoms with Crippen LogP contribution in [0.1, 0.15) is 33.1 Å². The van der Waals surface area contributed by atoms with E-state index in [2.05, 4.69) is 16.5 Å². The first-order valence-electron chi connectivity index (χ1n) is 11.2. The minimum atomic E-state index is -0.554. The molecule has 1 aromatic heterocycles. The van der Waals surface area contributed by atoms with Crippen molar-refractivity contribution in [3.63, 3.8) is 0 Å². The number of carbonyl (C=O) groups excluding carboxylic acids is 4. The summed E-state index contributed by atoms with van der Waals surface area (Å²) in [5, 5.41) is 12.8. The topological polar surface area (TPSA) is 112 Å². The van der Waals surface area contributed by atoms with E-state index in [4.69, 9.17) is 5.11 Å². The first-order valence-corrected chi connectivity index (χ1v) is 11.2. The van der Waals surface area contributed by atoms with Gasteiger partial charge in [-0.25, -0.2) is 4.79 Å². The fourth-order valence-corrected chi connectivity index (χ4v) is 4.95. The maximum atomic E-state index is 13.1. The van der Waals surface area contributed by atoms with E-state index in [1.54, 1.807) is 23.1 Å². The van der Waals surface area contributed by atoms with Gasteiger partial charge in [-0.2, -0.15) is 0 Å². The van der Waals surface area contributed by atoms with E-state index in [9.17, 15) is 19.2 Å². The van der Waals surface area contributed by atoms with E-state index in [1.807, 2.05) is 24.3 Å². The molecule has 5 rings (SSSR count). The molecule has 1 unspecified atom stereocenters. The lowest BCUT2D eigenvalue weighted by molar-refractivity contribution is -0.132. The first kappa shape index (κ1) is 22.5. The molecule has 9 nitrogen and oxygen atoms in total. The molecular formula is C26H24N4O5. The lowest BCUT2D eigenvalue weighted by atomic mass is 9.89. The van der Waals surface area contributed by atoms with Crippen molar-refractivity contribution in [2.45, 2.75) is 19.0 Å². The van der Waals surface area contributed by atoms with Crippen LogP contribution in [0.25, 0.3) is 10.9 Å². The summed E-state index contributed by atoms with van der Waals surface area (Å²) < 4.78 is 2.06. The summed E-state index contributed by atoms with van der Waals surface area (Å²) in [4.78, 5) is 52.3. The smallest absolute Gasteiger partial charge is 0.326 e. The van der Waals surface area contributed by atoms with Gasteiger partial charge in [0.05, 0.1) is 18.0 Å². The zero-order chi connectivity index (χ0) is 24.9. The second-order valence-corrected chi connectivity index (χ2v) is 8.76. The number of carbonyl (C=O) groups is 4. The van der Waals surface area contributed by atoms with Crippen molar-refractivity contribution < 1.29 is 24.3 Å². The second-order valence-electron chi connectivity index (χ2n) is 8.76. The first-order chi connectivity index (χ1) is 16.8. The Hall–Kier alpha value is -4.24. The van der Waals surface area contributed by atoms with Crippen molar-refractivity contribution in [2.24, 2.45) is 0 Å². The molecule has 1 saturated heterocycles. The van der Waals surface area contributed by atoms with E-state index in [0.717, 1.165) is 27.7 Å². The Labute approximate surface area is 201 Å². The molecule has 178 valence electrons. The van der Waals surface area contributed by atoms with Crippen LogP contribution in [0.5, 0.6) is 0 Å². The molecule has 0 radical (unpaired) electrons. The monoisotopic (exact) mass is 472 g/mol. The quantitative estimate of drug-likeness (QED) is 0.423. The highest BCUT2D eigenvalue weighted by molar-refractivity contribution is 6.05. The molecule has 2 aromatic carbocycles. The van der Waals surface area contributed by atoms with Gasteiger partial charge >= 0.3 is 6.03 Å². The predicted octanol–water partition coefficient (Wildman–Crippen LogP) is 2.48. The van der Waals surface area contributed by atoms with Crippen LogP contribution in [0.3, 0.4) is 0 Å². The Morgan fingerprint density at radius 3 is 2.60 bits per heavy atom. The normalized spacial score (nSPS) is 16.9. The molecule has 2 bridgehead atoms. The van der Waals surface area contributed by atoms with Crippen LogP contribution in [0.4, 0.5) is 10.5 Å². The number of aliphatic hydroxyl groups excluding tert-OH is 1. The molecule has 4 amide bonds. The number of likely N-dealkylation sites (N-methyl/N-ethyl adjacent to an activating group) is 1. The highest BCUT2D eigenvalue weighted by atomic mass is 16.3. The zero-order valence-electron chi connectivity index (χ0n) is 19.2. The van der Waals surface area contributed by atoms with Gasteiger partial charge < -0.3 is 19.9 Å². The van der Waals surface area contributed by atoms with E-state index in [1.165, 1.54) is 18.0 Å². The number of imide groups is 1. The number of rotatable bonds is 6. The number of Topliss-reactive ketones (excluding diaryl/α,β-unsaturated/α-hetero) is 1. The van der Waals surface area contributed by atoms with Gasteiger partial charge in [0.15, 0.2) is 5.78 Å². The number of fused-ring (bicyclic) bond motifs is 6. The molecule has 9 heteroatoms. The molecule has 1 fully saturated rings. The van der Waals surface area contributed by atoms with Gasteiger partial charge in [-0.15, -0.1) is 0 Å². The minimum absolute atomic E-state index is 0.234. The van der Waals surface area contributed by atoms with Gasteiger partial charge in [-0.1, -0.05) is 36.9 Å². The number of aromatic nitrogens is 1. The molecule has 3 heterocycles. The summed E-state index contributed by atoms with van der Waals surface area (Å²) in [6, 6.07) is 12.2. The van der Waals surface area contributed by atoms with Crippen LogP contribution in [-0.4, -0.2) is 63.3 Å². The van der Waals surface area contributed by atoms with Gasteiger partial charge in [-0.3, -0.25) is 19.3 Å². The number of hydrogen-bond acceptors (Lipinski definition) is 5. The van der Waals surface area contributed by atoms with Gasteiger partial charge in [0.25, 0.3) is 0 Å². The van der Waals surface area contributed by atoms with Gasteiger partial charge in [0.1, 0.15) is 6.61 Å². The fourth-order valence-electron chi connectivity index (χ4n) is 4.95. The minimum Gasteiger partial charge on any atom is -0.388 e. The molecule has 3 aromatic rings. The van der Waals surface area contributed by atoms with Crippen LogP contribution in [0.2, 0.25) is 0 Å². The third-order valence-corrected chi connectivity index (χ3v) is 6.71. The number of nitrogens with zero attached hydrogens (tertiary/aromatic N) is 3. The third-order valence-electron chi connectivity index (χ3n) is 6.71. The van der Waals surface area contributed by atoms with Crippen LogP contribution in [0.15, 0.2) is 55.1 Å². The van der Waals surface area contributed by atoms with E-state index < -0.39 is 12.5 Å². The third kappa shape index (κ3) is 3.70. The van der Waals surface area contributed by atoms with Crippen LogP contribution in [0, 0.1) is 0 Å². The van der Waals surface area contributed by atoms with Crippen LogP contribution in [-0.2, 0) is 22.7 Å². The summed E-state index contributed by atoms with van der Waals surface area (Å²) in [6.07, 6.45) is 1.19. The Morgan fingerprint density at radius 2 is 1.91 bits per heavy atom. The van der Waals surface area contributed by atoms with Gasteiger partial charge in [0.2, 0.25) is 11.8 Å². The lowest BCUT2D eigenvalue weighted by Gasteiger charge is -2.41. The average molecular weight is 473 g/mol. The molecule has 0 saturated carbocycles. The largest absolute Gasteiger partial charge is 0.388 e. The Morgan fingerprint density at radius 1 is 1.17 bits per heavy atom.